The van der Waals surface area contributed by atoms with Gasteiger partial charge in [0.25, 0.3) is 0 Å². The molecule has 0 atom stereocenters. The molecule has 0 bridgehead atoms. The van der Waals surface area contributed by atoms with Crippen molar-refractivity contribution in [1.29, 1.82) is 0 Å². The van der Waals surface area contributed by atoms with Gasteiger partial charge in [-0.05, 0) is 24.3 Å². The average molecular weight is 257 g/mol. The van der Waals surface area contributed by atoms with Crippen LogP contribution in [0.5, 0.6) is 0 Å². The summed E-state index contributed by atoms with van der Waals surface area (Å²) < 4.78 is 71.7. The highest BCUT2D eigenvalue weighted by atomic mass is 32.2. The van der Waals surface area contributed by atoms with Gasteiger partial charge in [-0.1, -0.05) is 0 Å². The number of rotatable bonds is 3. The minimum atomic E-state index is -4.63. The lowest BCUT2D eigenvalue weighted by atomic mass is 10.4. The number of sulfonamides is 1. The number of halogens is 4. The van der Waals surface area contributed by atoms with Crippen LogP contribution in [0.1, 0.15) is 0 Å². The van der Waals surface area contributed by atoms with Crippen molar-refractivity contribution in [2.45, 2.75) is 11.1 Å². The van der Waals surface area contributed by atoms with Crippen molar-refractivity contribution in [3.8, 4) is 0 Å². The molecular weight excluding hydrogens is 250 g/mol. The van der Waals surface area contributed by atoms with Crippen molar-refractivity contribution in [1.82, 2.24) is 4.72 Å². The van der Waals surface area contributed by atoms with Gasteiger partial charge in [-0.25, -0.2) is 17.5 Å². The van der Waals surface area contributed by atoms with E-state index in [0.29, 0.717) is 0 Å². The molecule has 0 saturated heterocycles. The minimum absolute atomic E-state index is 0.418. The summed E-state index contributed by atoms with van der Waals surface area (Å²) in [6.45, 7) is -1.66. The molecule has 8 heteroatoms. The molecule has 0 heterocycles. The Balaban J connectivity index is 2.83. The van der Waals surface area contributed by atoms with E-state index in [1.807, 2.05) is 0 Å². The Labute approximate surface area is 89.1 Å². The quantitative estimate of drug-likeness (QED) is 0.837. The van der Waals surface area contributed by atoms with Crippen LogP contribution in [0.2, 0.25) is 0 Å². The maximum absolute atomic E-state index is 12.5. The second-order valence-corrected chi connectivity index (χ2v) is 4.66. The van der Waals surface area contributed by atoms with Crippen LogP contribution in [0.15, 0.2) is 29.2 Å². The molecule has 0 aromatic heterocycles. The first-order valence-corrected chi connectivity index (χ1v) is 5.51. The van der Waals surface area contributed by atoms with Crippen LogP contribution in [-0.4, -0.2) is 21.1 Å². The molecule has 1 rings (SSSR count). The Kier molecular flexibility index (Phi) is 3.54. The van der Waals surface area contributed by atoms with E-state index in [1.54, 1.807) is 0 Å². The van der Waals surface area contributed by atoms with Crippen LogP contribution in [-0.2, 0) is 10.0 Å². The van der Waals surface area contributed by atoms with Gasteiger partial charge in [-0.3, -0.25) is 0 Å². The number of nitrogens with one attached hydrogen (secondary N) is 1. The van der Waals surface area contributed by atoms with Crippen molar-refractivity contribution in [3.05, 3.63) is 30.1 Å². The van der Waals surface area contributed by atoms with Crippen LogP contribution in [0, 0.1) is 5.82 Å². The van der Waals surface area contributed by atoms with Gasteiger partial charge in [0.2, 0.25) is 10.0 Å². The van der Waals surface area contributed by atoms with Crippen molar-refractivity contribution in [2.24, 2.45) is 0 Å². The van der Waals surface area contributed by atoms with E-state index >= 15 is 0 Å². The maximum Gasteiger partial charge on any atom is 0.402 e. The summed E-state index contributed by atoms with van der Waals surface area (Å²) in [4.78, 5) is -0.418. The second kappa shape index (κ2) is 4.38. The maximum atomic E-state index is 12.5. The van der Waals surface area contributed by atoms with E-state index in [-0.39, 0.29) is 0 Å². The van der Waals surface area contributed by atoms with Gasteiger partial charge in [0.05, 0.1) is 4.90 Å². The molecule has 1 aromatic rings. The molecule has 0 saturated carbocycles. The summed E-state index contributed by atoms with van der Waals surface area (Å²) in [5.41, 5.74) is 0. The topological polar surface area (TPSA) is 46.2 Å². The van der Waals surface area contributed by atoms with E-state index in [4.69, 9.17) is 0 Å². The fraction of sp³-hybridized carbons (Fsp3) is 0.250. The predicted molar refractivity (Wildman–Crippen MR) is 47.6 cm³/mol. The van der Waals surface area contributed by atoms with Crippen molar-refractivity contribution in [3.63, 3.8) is 0 Å². The molecular formula is C8H7F4NO2S. The SMILES string of the molecule is O=S(=O)(NCC(F)(F)F)c1ccc(F)cc1. The lowest BCUT2D eigenvalue weighted by Gasteiger charge is -2.08. The monoisotopic (exact) mass is 257 g/mol. The molecule has 0 radical (unpaired) electrons. The Morgan fingerprint density at radius 1 is 1.12 bits per heavy atom. The van der Waals surface area contributed by atoms with Gasteiger partial charge >= 0.3 is 6.18 Å². The lowest BCUT2D eigenvalue weighted by molar-refractivity contribution is -0.121. The summed E-state index contributed by atoms with van der Waals surface area (Å²) in [5, 5.41) is 0. The first-order valence-electron chi connectivity index (χ1n) is 4.03. The van der Waals surface area contributed by atoms with Gasteiger partial charge in [0, 0.05) is 0 Å². The number of hydrogen-bond donors (Lipinski definition) is 1. The smallest absolute Gasteiger partial charge is 0.207 e. The Bertz CT molecular complexity index is 452. The van der Waals surface area contributed by atoms with E-state index < -0.39 is 33.5 Å². The van der Waals surface area contributed by atoms with Gasteiger partial charge in [0.1, 0.15) is 12.4 Å². The normalized spacial score (nSPS) is 12.8. The molecule has 0 unspecified atom stereocenters. The summed E-state index contributed by atoms with van der Waals surface area (Å²) in [6.07, 6.45) is -4.63. The summed E-state index contributed by atoms with van der Waals surface area (Å²) >= 11 is 0. The molecule has 0 aliphatic carbocycles. The molecule has 0 aliphatic rings. The van der Waals surface area contributed by atoms with Crippen LogP contribution in [0.25, 0.3) is 0 Å². The molecule has 0 fully saturated rings. The van der Waals surface area contributed by atoms with E-state index in [1.165, 1.54) is 4.72 Å². The van der Waals surface area contributed by atoms with Gasteiger partial charge in [-0.15, -0.1) is 0 Å². The zero-order valence-electron chi connectivity index (χ0n) is 7.75. The highest BCUT2D eigenvalue weighted by molar-refractivity contribution is 7.89. The van der Waals surface area contributed by atoms with E-state index in [9.17, 15) is 26.0 Å². The summed E-state index contributed by atoms with van der Waals surface area (Å²) in [7, 11) is -4.25. The first kappa shape index (κ1) is 12.9. The van der Waals surface area contributed by atoms with Crippen LogP contribution < -0.4 is 4.72 Å². The van der Waals surface area contributed by atoms with Crippen molar-refractivity contribution in [2.75, 3.05) is 6.54 Å². The highest BCUT2D eigenvalue weighted by Gasteiger charge is 2.29. The Morgan fingerprint density at radius 3 is 2.06 bits per heavy atom. The van der Waals surface area contributed by atoms with Crippen LogP contribution in [0.3, 0.4) is 0 Å². The van der Waals surface area contributed by atoms with Gasteiger partial charge in [-0.2, -0.15) is 13.2 Å². The van der Waals surface area contributed by atoms with Crippen LogP contribution >= 0.6 is 0 Å². The third-order valence-electron chi connectivity index (χ3n) is 1.59. The van der Waals surface area contributed by atoms with E-state index in [0.717, 1.165) is 24.3 Å². The van der Waals surface area contributed by atoms with Gasteiger partial charge in [0.15, 0.2) is 0 Å². The second-order valence-electron chi connectivity index (χ2n) is 2.89. The van der Waals surface area contributed by atoms with Crippen molar-refractivity contribution >= 4 is 10.0 Å². The molecule has 90 valence electrons. The van der Waals surface area contributed by atoms with E-state index in [2.05, 4.69) is 0 Å². The zero-order chi connectivity index (χ0) is 12.4. The third-order valence-corrected chi connectivity index (χ3v) is 3.00. The predicted octanol–water partition coefficient (Wildman–Crippen LogP) is 1.67. The molecule has 3 nitrogen and oxygen atoms in total. The molecule has 16 heavy (non-hydrogen) atoms. The molecule has 1 N–H and O–H groups in total. The molecule has 0 amide bonds. The average Bonchev–Trinajstić information content (AvgIpc) is 2.15. The zero-order valence-corrected chi connectivity index (χ0v) is 8.57. The molecule has 0 spiro atoms. The third kappa shape index (κ3) is 3.78. The molecule has 1 aromatic carbocycles. The number of alkyl halides is 3. The standard InChI is InChI=1S/C8H7F4NO2S/c9-6-1-3-7(4-2-6)16(14,15)13-5-8(10,11)12/h1-4,13H,5H2. The summed E-state index contributed by atoms with van der Waals surface area (Å²) in [6, 6.07) is 3.46. The van der Waals surface area contributed by atoms with Gasteiger partial charge < -0.3 is 0 Å². The summed E-state index contributed by atoms with van der Waals surface area (Å²) in [5.74, 6) is -0.672. The Hall–Kier alpha value is -1.15. The number of hydrogen-bond acceptors (Lipinski definition) is 2. The fourth-order valence-corrected chi connectivity index (χ4v) is 1.89. The highest BCUT2D eigenvalue weighted by Crippen LogP contribution is 2.15. The Morgan fingerprint density at radius 2 is 1.62 bits per heavy atom. The largest absolute Gasteiger partial charge is 0.402 e. The molecule has 0 aliphatic heterocycles. The number of benzene rings is 1. The van der Waals surface area contributed by atoms with Crippen molar-refractivity contribution < 1.29 is 26.0 Å². The first-order chi connectivity index (χ1) is 7.21. The fourth-order valence-electron chi connectivity index (χ4n) is 0.874. The van der Waals surface area contributed by atoms with Crippen LogP contribution in [0.4, 0.5) is 17.6 Å². The lowest BCUT2D eigenvalue weighted by Crippen LogP contribution is -2.33. The minimum Gasteiger partial charge on any atom is -0.207 e.